The van der Waals surface area contributed by atoms with E-state index in [-0.39, 0.29) is 16.6 Å². The lowest BCUT2D eigenvalue weighted by molar-refractivity contribution is 0.102. The van der Waals surface area contributed by atoms with E-state index in [1.165, 1.54) is 12.1 Å². The van der Waals surface area contributed by atoms with Crippen molar-refractivity contribution in [2.75, 3.05) is 0 Å². The average molecular weight is 313 g/mol. The quantitative estimate of drug-likeness (QED) is 0.758. The van der Waals surface area contributed by atoms with Crippen LogP contribution in [0.3, 0.4) is 0 Å². The molecule has 0 atom stereocenters. The van der Waals surface area contributed by atoms with Crippen molar-refractivity contribution in [2.24, 2.45) is 0 Å². The molecule has 2 aromatic carbocycles. The SMILES string of the molecule is Fc1ccc(Br)c(F)c1COCc1ccccc1. The maximum atomic E-state index is 13.6. The molecule has 94 valence electrons. The Labute approximate surface area is 113 Å². The van der Waals surface area contributed by atoms with Crippen molar-refractivity contribution in [3.63, 3.8) is 0 Å². The minimum atomic E-state index is -0.608. The van der Waals surface area contributed by atoms with E-state index in [4.69, 9.17) is 4.74 Å². The highest BCUT2D eigenvalue weighted by molar-refractivity contribution is 9.10. The summed E-state index contributed by atoms with van der Waals surface area (Å²) in [5, 5.41) is 0. The van der Waals surface area contributed by atoms with Crippen LogP contribution in [0.25, 0.3) is 0 Å². The van der Waals surface area contributed by atoms with Crippen molar-refractivity contribution >= 4 is 15.9 Å². The fourth-order valence-corrected chi connectivity index (χ4v) is 1.92. The van der Waals surface area contributed by atoms with Crippen LogP contribution >= 0.6 is 15.9 Å². The first-order chi connectivity index (χ1) is 8.68. The van der Waals surface area contributed by atoms with Crippen LogP contribution in [0.4, 0.5) is 8.78 Å². The number of halogens is 3. The van der Waals surface area contributed by atoms with E-state index in [9.17, 15) is 8.78 Å². The van der Waals surface area contributed by atoms with Crippen molar-refractivity contribution < 1.29 is 13.5 Å². The standard InChI is InChI=1S/C14H11BrF2O/c15-12-6-7-13(16)11(14(12)17)9-18-8-10-4-2-1-3-5-10/h1-7H,8-9H2. The van der Waals surface area contributed by atoms with Gasteiger partial charge in [0.2, 0.25) is 0 Å². The molecule has 0 aliphatic rings. The molecule has 0 radical (unpaired) electrons. The molecule has 0 aromatic heterocycles. The fourth-order valence-electron chi connectivity index (χ4n) is 1.55. The number of hydrogen-bond donors (Lipinski definition) is 0. The minimum absolute atomic E-state index is 0.0553. The first-order valence-electron chi connectivity index (χ1n) is 5.42. The van der Waals surface area contributed by atoms with Crippen molar-refractivity contribution in [3.8, 4) is 0 Å². The summed E-state index contributed by atoms with van der Waals surface area (Å²) in [6, 6.07) is 12.0. The van der Waals surface area contributed by atoms with Crippen LogP contribution in [-0.2, 0) is 18.0 Å². The second-order valence-electron chi connectivity index (χ2n) is 3.80. The lowest BCUT2D eigenvalue weighted by atomic mass is 10.2. The van der Waals surface area contributed by atoms with Gasteiger partial charge < -0.3 is 4.74 Å². The van der Waals surface area contributed by atoms with Gasteiger partial charge in [0.25, 0.3) is 0 Å². The zero-order chi connectivity index (χ0) is 13.0. The highest BCUT2D eigenvalue weighted by atomic mass is 79.9. The Bertz CT molecular complexity index is 529. The van der Waals surface area contributed by atoms with Gasteiger partial charge in [-0.15, -0.1) is 0 Å². The Morgan fingerprint density at radius 1 is 0.944 bits per heavy atom. The monoisotopic (exact) mass is 312 g/mol. The van der Waals surface area contributed by atoms with Crippen LogP contribution in [0.5, 0.6) is 0 Å². The van der Waals surface area contributed by atoms with E-state index < -0.39 is 11.6 Å². The molecule has 0 heterocycles. The highest BCUT2D eigenvalue weighted by Crippen LogP contribution is 2.22. The van der Waals surface area contributed by atoms with Crippen molar-refractivity contribution in [1.29, 1.82) is 0 Å². The molecule has 2 aromatic rings. The normalized spacial score (nSPS) is 10.6. The van der Waals surface area contributed by atoms with E-state index in [0.29, 0.717) is 6.61 Å². The smallest absolute Gasteiger partial charge is 0.145 e. The van der Waals surface area contributed by atoms with E-state index in [0.717, 1.165) is 5.56 Å². The van der Waals surface area contributed by atoms with E-state index in [1.807, 2.05) is 30.3 Å². The third-order valence-electron chi connectivity index (χ3n) is 2.50. The van der Waals surface area contributed by atoms with Crippen LogP contribution in [-0.4, -0.2) is 0 Å². The molecule has 1 nitrogen and oxygen atoms in total. The predicted octanol–water partition coefficient (Wildman–Crippen LogP) is 4.44. The summed E-state index contributed by atoms with van der Waals surface area (Å²) < 4.78 is 32.6. The van der Waals surface area contributed by atoms with E-state index in [1.54, 1.807) is 0 Å². The topological polar surface area (TPSA) is 9.23 Å². The van der Waals surface area contributed by atoms with Gasteiger partial charge in [0.05, 0.1) is 23.2 Å². The molecule has 0 saturated heterocycles. The van der Waals surface area contributed by atoms with Crippen LogP contribution < -0.4 is 0 Å². The first-order valence-corrected chi connectivity index (χ1v) is 6.22. The average Bonchev–Trinajstić information content (AvgIpc) is 2.39. The van der Waals surface area contributed by atoms with Crippen molar-refractivity contribution in [2.45, 2.75) is 13.2 Å². The second kappa shape index (κ2) is 6.07. The molecule has 2 rings (SSSR count). The summed E-state index contributed by atoms with van der Waals surface area (Å²) in [7, 11) is 0. The number of rotatable bonds is 4. The second-order valence-corrected chi connectivity index (χ2v) is 4.65. The van der Waals surface area contributed by atoms with Crippen molar-refractivity contribution in [3.05, 3.63) is 69.7 Å². The molecule has 0 fully saturated rings. The fraction of sp³-hybridized carbons (Fsp3) is 0.143. The molecule has 0 amide bonds. The van der Waals surface area contributed by atoms with E-state index >= 15 is 0 Å². The van der Waals surface area contributed by atoms with E-state index in [2.05, 4.69) is 15.9 Å². The third-order valence-corrected chi connectivity index (χ3v) is 3.11. The molecular weight excluding hydrogens is 302 g/mol. The molecule has 0 saturated carbocycles. The lowest BCUT2D eigenvalue weighted by Crippen LogP contribution is -2.00. The molecule has 0 N–H and O–H groups in total. The molecule has 0 unspecified atom stereocenters. The number of benzene rings is 2. The molecule has 0 aliphatic carbocycles. The summed E-state index contributed by atoms with van der Waals surface area (Å²) in [5.41, 5.74) is 0.911. The molecule has 0 spiro atoms. The molecular formula is C14H11BrF2O. The maximum Gasteiger partial charge on any atom is 0.145 e. The summed E-state index contributed by atoms with van der Waals surface area (Å²) in [6.07, 6.45) is 0. The zero-order valence-corrected chi connectivity index (χ0v) is 11.1. The lowest BCUT2D eigenvalue weighted by Gasteiger charge is -2.08. The summed E-state index contributed by atoms with van der Waals surface area (Å²) in [4.78, 5) is 0. The van der Waals surface area contributed by atoms with Gasteiger partial charge in [-0.25, -0.2) is 8.78 Å². The number of hydrogen-bond acceptors (Lipinski definition) is 1. The largest absolute Gasteiger partial charge is 0.372 e. The third kappa shape index (κ3) is 3.15. The van der Waals surface area contributed by atoms with Crippen molar-refractivity contribution in [1.82, 2.24) is 0 Å². The molecule has 0 aliphatic heterocycles. The van der Waals surface area contributed by atoms with Crippen LogP contribution in [0.2, 0.25) is 0 Å². The Balaban J connectivity index is 2.01. The minimum Gasteiger partial charge on any atom is -0.372 e. The Kier molecular flexibility index (Phi) is 4.44. The van der Waals surface area contributed by atoms with Crippen LogP contribution in [0, 0.1) is 11.6 Å². The van der Waals surface area contributed by atoms with Crippen LogP contribution in [0.15, 0.2) is 46.9 Å². The Hall–Kier alpha value is -1.26. The van der Waals surface area contributed by atoms with Crippen LogP contribution in [0.1, 0.15) is 11.1 Å². The Morgan fingerprint density at radius 3 is 2.39 bits per heavy atom. The van der Waals surface area contributed by atoms with Gasteiger partial charge in [-0.05, 0) is 33.6 Å². The molecule has 0 bridgehead atoms. The van der Waals surface area contributed by atoms with Gasteiger partial charge in [0, 0.05) is 0 Å². The highest BCUT2D eigenvalue weighted by Gasteiger charge is 2.12. The van der Waals surface area contributed by atoms with Gasteiger partial charge in [0.1, 0.15) is 11.6 Å². The van der Waals surface area contributed by atoms with Gasteiger partial charge in [-0.2, -0.15) is 0 Å². The Morgan fingerprint density at radius 2 is 1.67 bits per heavy atom. The maximum absolute atomic E-state index is 13.6. The molecule has 4 heteroatoms. The summed E-state index contributed by atoms with van der Waals surface area (Å²) in [6.45, 7) is 0.234. The summed E-state index contributed by atoms with van der Waals surface area (Å²) in [5.74, 6) is -1.20. The van der Waals surface area contributed by atoms with Gasteiger partial charge in [-0.1, -0.05) is 30.3 Å². The first kappa shape index (κ1) is 13.2. The molecule has 18 heavy (non-hydrogen) atoms. The van der Waals surface area contributed by atoms with Gasteiger partial charge in [0.15, 0.2) is 0 Å². The number of ether oxygens (including phenoxy) is 1. The zero-order valence-electron chi connectivity index (χ0n) is 9.50. The van der Waals surface area contributed by atoms with Gasteiger partial charge >= 0.3 is 0 Å². The summed E-state index contributed by atoms with van der Waals surface area (Å²) >= 11 is 3.02. The predicted molar refractivity (Wildman–Crippen MR) is 69.0 cm³/mol. The van der Waals surface area contributed by atoms with Gasteiger partial charge in [-0.3, -0.25) is 0 Å².